The van der Waals surface area contributed by atoms with Crippen LogP contribution in [0.15, 0.2) is 0 Å². The minimum atomic E-state index is -0.279. The number of nitrogens with two attached hydrogens (primary N) is 2. The highest BCUT2D eigenvalue weighted by molar-refractivity contribution is 5.74. The maximum absolute atomic E-state index is 11.0. The Morgan fingerprint density at radius 2 is 1.82 bits per heavy atom. The first-order chi connectivity index (χ1) is 7.86. The molecule has 1 amide bonds. The normalized spacial score (nSPS) is 13.6. The molecule has 0 aromatic heterocycles. The predicted molar refractivity (Wildman–Crippen MR) is 71.6 cm³/mol. The SMILES string of the molecule is CC(C)CN(CCN(C)C)C(CN)CC(N)=O. The van der Waals surface area contributed by atoms with E-state index in [1.54, 1.807) is 0 Å². The third-order valence-corrected chi connectivity index (χ3v) is 2.66. The highest BCUT2D eigenvalue weighted by Crippen LogP contribution is 2.07. The Labute approximate surface area is 105 Å². The van der Waals surface area contributed by atoms with Gasteiger partial charge in [0.25, 0.3) is 0 Å². The van der Waals surface area contributed by atoms with E-state index in [1.807, 2.05) is 14.1 Å². The Kier molecular flexibility index (Phi) is 8.12. The Balaban J connectivity index is 4.44. The fourth-order valence-electron chi connectivity index (χ4n) is 1.81. The predicted octanol–water partition coefficient (Wildman–Crippen LogP) is -0.291. The summed E-state index contributed by atoms with van der Waals surface area (Å²) in [7, 11) is 4.08. The first-order valence-electron chi connectivity index (χ1n) is 6.24. The molecule has 1 unspecified atom stereocenters. The van der Waals surface area contributed by atoms with Crippen LogP contribution in [0.2, 0.25) is 0 Å². The van der Waals surface area contributed by atoms with Crippen LogP contribution in [0.4, 0.5) is 0 Å². The Morgan fingerprint density at radius 1 is 1.24 bits per heavy atom. The third-order valence-electron chi connectivity index (χ3n) is 2.66. The number of primary amides is 1. The number of rotatable bonds is 9. The molecular formula is C12H28N4O. The molecule has 0 aliphatic rings. The lowest BCUT2D eigenvalue weighted by Gasteiger charge is -2.32. The second-order valence-electron chi connectivity index (χ2n) is 5.25. The van der Waals surface area contributed by atoms with E-state index in [4.69, 9.17) is 11.5 Å². The van der Waals surface area contributed by atoms with E-state index in [0.717, 1.165) is 19.6 Å². The molecule has 0 rings (SSSR count). The number of carbonyl (C=O) groups is 1. The van der Waals surface area contributed by atoms with Gasteiger partial charge in [0.1, 0.15) is 0 Å². The van der Waals surface area contributed by atoms with Gasteiger partial charge in [0.15, 0.2) is 0 Å². The van der Waals surface area contributed by atoms with E-state index in [1.165, 1.54) is 0 Å². The van der Waals surface area contributed by atoms with Crippen molar-refractivity contribution in [3.63, 3.8) is 0 Å². The molecule has 0 aromatic rings. The Bertz CT molecular complexity index is 219. The lowest BCUT2D eigenvalue weighted by molar-refractivity contribution is -0.119. The first-order valence-corrected chi connectivity index (χ1v) is 6.24. The van der Waals surface area contributed by atoms with Crippen molar-refractivity contribution < 1.29 is 4.79 Å². The molecule has 0 aliphatic carbocycles. The molecule has 0 bridgehead atoms. The average Bonchev–Trinajstić information content (AvgIpc) is 2.20. The largest absolute Gasteiger partial charge is 0.370 e. The molecule has 0 spiro atoms. The summed E-state index contributed by atoms with van der Waals surface area (Å²) >= 11 is 0. The summed E-state index contributed by atoms with van der Waals surface area (Å²) in [5.41, 5.74) is 11.0. The molecule has 1 atom stereocenters. The number of carbonyl (C=O) groups excluding carboxylic acids is 1. The molecule has 5 heteroatoms. The molecule has 0 radical (unpaired) electrons. The molecule has 0 fully saturated rings. The lowest BCUT2D eigenvalue weighted by atomic mass is 10.1. The van der Waals surface area contributed by atoms with Gasteiger partial charge in [-0.3, -0.25) is 9.69 Å². The number of hydrogen-bond donors (Lipinski definition) is 2. The van der Waals surface area contributed by atoms with Crippen molar-refractivity contribution in [2.75, 3.05) is 40.3 Å². The van der Waals surface area contributed by atoms with Gasteiger partial charge >= 0.3 is 0 Å². The van der Waals surface area contributed by atoms with E-state index in [0.29, 0.717) is 18.9 Å². The summed E-state index contributed by atoms with van der Waals surface area (Å²) in [4.78, 5) is 15.4. The molecular weight excluding hydrogens is 216 g/mol. The quantitative estimate of drug-likeness (QED) is 0.584. The number of nitrogens with zero attached hydrogens (tertiary/aromatic N) is 2. The number of amides is 1. The highest BCUT2D eigenvalue weighted by Gasteiger charge is 2.19. The van der Waals surface area contributed by atoms with E-state index in [2.05, 4.69) is 23.6 Å². The number of hydrogen-bond acceptors (Lipinski definition) is 4. The topological polar surface area (TPSA) is 75.6 Å². The Hall–Kier alpha value is -0.650. The van der Waals surface area contributed by atoms with Crippen molar-refractivity contribution in [1.29, 1.82) is 0 Å². The van der Waals surface area contributed by atoms with Gasteiger partial charge in [-0.25, -0.2) is 0 Å². The summed E-state index contributed by atoms with van der Waals surface area (Å²) in [5.74, 6) is 0.276. The zero-order valence-corrected chi connectivity index (χ0v) is 11.6. The van der Waals surface area contributed by atoms with Gasteiger partial charge in [0.2, 0.25) is 5.91 Å². The molecule has 0 heterocycles. The van der Waals surface area contributed by atoms with Crippen molar-refractivity contribution in [1.82, 2.24) is 9.80 Å². The third kappa shape index (κ3) is 8.12. The second kappa shape index (κ2) is 8.44. The van der Waals surface area contributed by atoms with E-state index >= 15 is 0 Å². The van der Waals surface area contributed by atoms with Crippen LogP contribution in [0.25, 0.3) is 0 Å². The van der Waals surface area contributed by atoms with Gasteiger partial charge in [-0.1, -0.05) is 13.8 Å². The van der Waals surface area contributed by atoms with Gasteiger partial charge in [-0.15, -0.1) is 0 Å². The minimum Gasteiger partial charge on any atom is -0.370 e. The molecule has 0 saturated heterocycles. The van der Waals surface area contributed by atoms with Crippen molar-refractivity contribution in [3.05, 3.63) is 0 Å². The summed E-state index contributed by atoms with van der Waals surface area (Å²) in [5, 5.41) is 0. The molecule has 4 N–H and O–H groups in total. The summed E-state index contributed by atoms with van der Waals surface area (Å²) in [6.07, 6.45) is 0.344. The molecule has 0 saturated carbocycles. The van der Waals surface area contributed by atoms with Crippen molar-refractivity contribution >= 4 is 5.91 Å². The van der Waals surface area contributed by atoms with Crippen LogP contribution in [0, 0.1) is 5.92 Å². The maximum atomic E-state index is 11.0. The van der Waals surface area contributed by atoms with E-state index < -0.39 is 0 Å². The van der Waals surface area contributed by atoms with E-state index in [9.17, 15) is 4.79 Å². The zero-order chi connectivity index (χ0) is 13.4. The maximum Gasteiger partial charge on any atom is 0.219 e. The van der Waals surface area contributed by atoms with Crippen LogP contribution in [0.1, 0.15) is 20.3 Å². The van der Waals surface area contributed by atoms with Crippen molar-refractivity contribution in [2.45, 2.75) is 26.3 Å². The fourth-order valence-corrected chi connectivity index (χ4v) is 1.81. The summed E-state index contributed by atoms with van der Waals surface area (Å²) in [6.45, 7) is 7.63. The lowest BCUT2D eigenvalue weighted by Crippen LogP contribution is -2.47. The molecule has 102 valence electrons. The fraction of sp³-hybridized carbons (Fsp3) is 0.917. The van der Waals surface area contributed by atoms with Gasteiger partial charge in [0.05, 0.1) is 0 Å². The van der Waals surface area contributed by atoms with Gasteiger partial charge in [-0.2, -0.15) is 0 Å². The van der Waals surface area contributed by atoms with Gasteiger partial charge in [0, 0.05) is 38.6 Å². The highest BCUT2D eigenvalue weighted by atomic mass is 16.1. The zero-order valence-electron chi connectivity index (χ0n) is 11.6. The Morgan fingerprint density at radius 3 is 2.18 bits per heavy atom. The minimum absolute atomic E-state index is 0.0647. The van der Waals surface area contributed by atoms with Crippen LogP contribution in [-0.4, -0.2) is 62.0 Å². The number of likely N-dealkylation sites (N-methyl/N-ethyl adjacent to an activating group) is 1. The summed E-state index contributed by atoms with van der Waals surface area (Å²) in [6, 6.07) is 0.0647. The molecule has 5 nitrogen and oxygen atoms in total. The van der Waals surface area contributed by atoms with Crippen LogP contribution in [0.5, 0.6) is 0 Å². The van der Waals surface area contributed by atoms with Crippen molar-refractivity contribution in [3.8, 4) is 0 Å². The molecule has 0 aromatic carbocycles. The second-order valence-corrected chi connectivity index (χ2v) is 5.25. The average molecular weight is 244 g/mol. The van der Waals surface area contributed by atoms with Crippen molar-refractivity contribution in [2.24, 2.45) is 17.4 Å². The van der Waals surface area contributed by atoms with Crippen LogP contribution in [-0.2, 0) is 4.79 Å². The van der Waals surface area contributed by atoms with Crippen LogP contribution >= 0.6 is 0 Å². The molecule has 0 aliphatic heterocycles. The van der Waals surface area contributed by atoms with Gasteiger partial charge < -0.3 is 16.4 Å². The summed E-state index contributed by atoms with van der Waals surface area (Å²) < 4.78 is 0. The smallest absolute Gasteiger partial charge is 0.219 e. The molecule has 17 heavy (non-hydrogen) atoms. The van der Waals surface area contributed by atoms with Crippen LogP contribution in [0.3, 0.4) is 0 Å². The van der Waals surface area contributed by atoms with Crippen LogP contribution < -0.4 is 11.5 Å². The first kappa shape index (κ1) is 16.4. The monoisotopic (exact) mass is 244 g/mol. The van der Waals surface area contributed by atoms with E-state index in [-0.39, 0.29) is 11.9 Å². The standard InChI is InChI=1S/C12H28N4O/c1-10(2)9-16(6-5-15(3)4)11(8-13)7-12(14)17/h10-11H,5-9,13H2,1-4H3,(H2,14,17). The van der Waals surface area contributed by atoms with Gasteiger partial charge in [-0.05, 0) is 20.0 Å².